The minimum absolute atomic E-state index is 0.225. The highest BCUT2D eigenvalue weighted by molar-refractivity contribution is 7.99. The Balaban J connectivity index is 2.45. The average Bonchev–Trinajstić information content (AvgIpc) is 2.45. The van der Waals surface area contributed by atoms with Gasteiger partial charge in [-0.15, -0.1) is 11.8 Å². The van der Waals surface area contributed by atoms with Gasteiger partial charge in [-0.1, -0.05) is 44.2 Å². The van der Waals surface area contributed by atoms with E-state index in [0.29, 0.717) is 12.8 Å². The summed E-state index contributed by atoms with van der Waals surface area (Å²) in [4.78, 5) is 23.2. The molecule has 0 fully saturated rings. The van der Waals surface area contributed by atoms with Crippen molar-refractivity contribution in [1.82, 2.24) is 5.32 Å². The number of amides is 1. The SMILES string of the molecule is CCC(CC)(NC(=O)CSCc1ccccc1)C(=O)O. The van der Waals surface area contributed by atoms with E-state index >= 15 is 0 Å². The third kappa shape index (κ3) is 4.56. The molecule has 0 aliphatic rings. The van der Waals surface area contributed by atoms with Crippen molar-refractivity contribution in [3.63, 3.8) is 0 Å². The molecule has 0 bridgehead atoms. The van der Waals surface area contributed by atoms with Gasteiger partial charge in [0, 0.05) is 5.75 Å². The number of carboxylic acids is 1. The van der Waals surface area contributed by atoms with Crippen LogP contribution in [-0.4, -0.2) is 28.3 Å². The fourth-order valence-electron chi connectivity index (χ4n) is 1.92. The van der Waals surface area contributed by atoms with E-state index in [1.807, 2.05) is 30.3 Å². The zero-order valence-corrected chi connectivity index (χ0v) is 12.7. The van der Waals surface area contributed by atoms with Crippen molar-refractivity contribution in [3.05, 3.63) is 35.9 Å². The first-order valence-corrected chi connectivity index (χ1v) is 7.85. The molecule has 1 rings (SSSR count). The van der Waals surface area contributed by atoms with Crippen LogP contribution in [0, 0.1) is 0 Å². The van der Waals surface area contributed by atoms with E-state index in [1.54, 1.807) is 13.8 Å². The highest BCUT2D eigenvalue weighted by Crippen LogP contribution is 2.17. The van der Waals surface area contributed by atoms with E-state index in [1.165, 1.54) is 11.8 Å². The topological polar surface area (TPSA) is 66.4 Å². The predicted molar refractivity (Wildman–Crippen MR) is 81.7 cm³/mol. The van der Waals surface area contributed by atoms with E-state index < -0.39 is 11.5 Å². The summed E-state index contributed by atoms with van der Waals surface area (Å²) in [5.41, 5.74) is 0.0190. The van der Waals surface area contributed by atoms with Crippen LogP contribution < -0.4 is 5.32 Å². The van der Waals surface area contributed by atoms with Crippen LogP contribution in [0.4, 0.5) is 0 Å². The van der Waals surface area contributed by atoms with Crippen LogP contribution in [0.5, 0.6) is 0 Å². The Hall–Kier alpha value is -1.49. The minimum Gasteiger partial charge on any atom is -0.480 e. The zero-order valence-electron chi connectivity index (χ0n) is 11.9. The molecule has 0 heterocycles. The van der Waals surface area contributed by atoms with Gasteiger partial charge in [-0.3, -0.25) is 4.79 Å². The summed E-state index contributed by atoms with van der Waals surface area (Å²) < 4.78 is 0. The first kappa shape index (κ1) is 16.6. The number of thioether (sulfide) groups is 1. The maximum atomic E-state index is 11.9. The number of carbonyl (C=O) groups excluding carboxylic acids is 1. The van der Waals surface area contributed by atoms with Gasteiger partial charge in [-0.2, -0.15) is 0 Å². The van der Waals surface area contributed by atoms with E-state index in [2.05, 4.69) is 5.32 Å². The molecule has 0 radical (unpaired) electrons. The molecule has 0 saturated carbocycles. The van der Waals surface area contributed by atoms with Gasteiger partial charge in [0.25, 0.3) is 0 Å². The largest absolute Gasteiger partial charge is 0.480 e. The van der Waals surface area contributed by atoms with Gasteiger partial charge in [0.2, 0.25) is 5.91 Å². The van der Waals surface area contributed by atoms with Gasteiger partial charge in [-0.05, 0) is 18.4 Å². The summed E-state index contributed by atoms with van der Waals surface area (Å²) in [6.45, 7) is 3.55. The third-order valence-electron chi connectivity index (χ3n) is 3.34. The lowest BCUT2D eigenvalue weighted by Gasteiger charge is -2.27. The number of hydrogen-bond acceptors (Lipinski definition) is 3. The van der Waals surface area contributed by atoms with Gasteiger partial charge in [-0.25, -0.2) is 4.79 Å². The van der Waals surface area contributed by atoms with Crippen LogP contribution in [0.1, 0.15) is 32.3 Å². The lowest BCUT2D eigenvalue weighted by atomic mass is 9.93. The van der Waals surface area contributed by atoms with Crippen LogP contribution >= 0.6 is 11.8 Å². The number of benzene rings is 1. The highest BCUT2D eigenvalue weighted by atomic mass is 32.2. The molecule has 1 aromatic rings. The Morgan fingerprint density at radius 2 is 1.80 bits per heavy atom. The quantitative estimate of drug-likeness (QED) is 0.774. The van der Waals surface area contributed by atoms with Gasteiger partial charge in [0.15, 0.2) is 0 Å². The zero-order chi connectivity index (χ0) is 15.0. The van der Waals surface area contributed by atoms with Crippen molar-refractivity contribution in [2.24, 2.45) is 0 Å². The first-order chi connectivity index (χ1) is 9.54. The van der Waals surface area contributed by atoms with Crippen LogP contribution in [0.2, 0.25) is 0 Å². The Bertz CT molecular complexity index is 444. The van der Waals surface area contributed by atoms with Crippen LogP contribution in [0.25, 0.3) is 0 Å². The highest BCUT2D eigenvalue weighted by Gasteiger charge is 2.36. The molecule has 0 aliphatic carbocycles. The molecule has 110 valence electrons. The number of carboxylic acid groups (broad SMARTS) is 1. The molecule has 0 unspecified atom stereocenters. The summed E-state index contributed by atoms with van der Waals surface area (Å²) >= 11 is 1.48. The fourth-order valence-corrected chi connectivity index (χ4v) is 2.71. The number of rotatable bonds is 8. The molecule has 1 amide bonds. The number of aliphatic carboxylic acids is 1. The van der Waals surface area contributed by atoms with Gasteiger partial charge < -0.3 is 10.4 Å². The molecule has 0 aliphatic heterocycles. The molecular weight excluding hydrogens is 274 g/mol. The predicted octanol–water partition coefficient (Wildman–Crippen LogP) is 2.68. The van der Waals surface area contributed by atoms with Crippen molar-refractivity contribution >= 4 is 23.6 Å². The lowest BCUT2D eigenvalue weighted by molar-refractivity contribution is -0.147. The van der Waals surface area contributed by atoms with Crippen molar-refractivity contribution in [1.29, 1.82) is 0 Å². The maximum absolute atomic E-state index is 11.9. The monoisotopic (exact) mass is 295 g/mol. The third-order valence-corrected chi connectivity index (χ3v) is 4.34. The number of carbonyl (C=O) groups is 2. The van der Waals surface area contributed by atoms with Crippen molar-refractivity contribution in [3.8, 4) is 0 Å². The van der Waals surface area contributed by atoms with E-state index in [4.69, 9.17) is 0 Å². The molecule has 0 aromatic heterocycles. The second-order valence-electron chi connectivity index (χ2n) is 4.62. The molecule has 0 atom stereocenters. The second kappa shape index (κ2) is 7.94. The summed E-state index contributed by atoms with van der Waals surface area (Å²) in [5.74, 6) is -0.183. The van der Waals surface area contributed by atoms with Crippen LogP contribution in [-0.2, 0) is 15.3 Å². The fraction of sp³-hybridized carbons (Fsp3) is 0.467. The lowest BCUT2D eigenvalue weighted by Crippen LogP contribution is -2.54. The normalized spacial score (nSPS) is 11.1. The van der Waals surface area contributed by atoms with Crippen molar-refractivity contribution < 1.29 is 14.7 Å². The first-order valence-electron chi connectivity index (χ1n) is 6.70. The standard InChI is InChI=1S/C15H21NO3S/c1-3-15(4-2,14(18)19)16-13(17)11-20-10-12-8-6-5-7-9-12/h5-9H,3-4,10-11H2,1-2H3,(H,16,17)(H,18,19). The van der Waals surface area contributed by atoms with E-state index in [-0.39, 0.29) is 11.7 Å². The average molecular weight is 295 g/mol. The molecular formula is C15H21NO3S. The Morgan fingerprint density at radius 1 is 1.20 bits per heavy atom. The molecule has 0 spiro atoms. The van der Waals surface area contributed by atoms with E-state index in [9.17, 15) is 14.7 Å². The molecule has 20 heavy (non-hydrogen) atoms. The van der Waals surface area contributed by atoms with Gasteiger partial charge in [0.1, 0.15) is 5.54 Å². The molecule has 5 heteroatoms. The van der Waals surface area contributed by atoms with Gasteiger partial charge >= 0.3 is 5.97 Å². The summed E-state index contributed by atoms with van der Waals surface area (Å²) in [6.07, 6.45) is 0.766. The summed E-state index contributed by atoms with van der Waals surface area (Å²) in [7, 11) is 0. The molecule has 2 N–H and O–H groups in total. The second-order valence-corrected chi connectivity index (χ2v) is 5.61. The van der Waals surface area contributed by atoms with Crippen LogP contribution in [0.15, 0.2) is 30.3 Å². The summed E-state index contributed by atoms with van der Waals surface area (Å²) in [6, 6.07) is 9.87. The minimum atomic E-state index is -1.13. The molecule has 4 nitrogen and oxygen atoms in total. The summed E-state index contributed by atoms with van der Waals surface area (Å²) in [5, 5.41) is 11.9. The molecule has 0 saturated heterocycles. The Morgan fingerprint density at radius 3 is 2.30 bits per heavy atom. The van der Waals surface area contributed by atoms with E-state index in [0.717, 1.165) is 11.3 Å². The maximum Gasteiger partial charge on any atom is 0.329 e. The Labute approximate surface area is 124 Å². The van der Waals surface area contributed by atoms with Crippen molar-refractivity contribution in [2.75, 3.05) is 5.75 Å². The van der Waals surface area contributed by atoms with Crippen LogP contribution in [0.3, 0.4) is 0 Å². The number of hydrogen-bond donors (Lipinski definition) is 2. The van der Waals surface area contributed by atoms with Crippen molar-refractivity contribution in [2.45, 2.75) is 38.0 Å². The van der Waals surface area contributed by atoms with Gasteiger partial charge in [0.05, 0.1) is 5.75 Å². The number of nitrogens with one attached hydrogen (secondary N) is 1. The molecule has 1 aromatic carbocycles. The Kier molecular flexibility index (Phi) is 6.58. The smallest absolute Gasteiger partial charge is 0.329 e.